The lowest BCUT2D eigenvalue weighted by molar-refractivity contribution is 0.0469. The van der Waals surface area contributed by atoms with Crippen LogP contribution in [0.3, 0.4) is 0 Å². The number of para-hydroxylation sites is 1. The lowest BCUT2D eigenvalue weighted by atomic mass is 9.97. The van der Waals surface area contributed by atoms with Crippen molar-refractivity contribution in [2.75, 3.05) is 6.61 Å². The van der Waals surface area contributed by atoms with Crippen molar-refractivity contribution in [3.05, 3.63) is 105 Å². The van der Waals surface area contributed by atoms with Gasteiger partial charge in [0.05, 0.1) is 11.1 Å². The Bertz CT molecular complexity index is 1380. The van der Waals surface area contributed by atoms with Gasteiger partial charge in [0.15, 0.2) is 12.3 Å². The Hall–Kier alpha value is -4.06. The fourth-order valence-corrected chi connectivity index (χ4v) is 3.98. The zero-order valence-electron chi connectivity index (χ0n) is 18.1. The van der Waals surface area contributed by atoms with Gasteiger partial charge in [0.1, 0.15) is 0 Å². The van der Waals surface area contributed by atoms with E-state index < -0.39 is 12.6 Å². The van der Waals surface area contributed by atoms with Gasteiger partial charge in [-0.2, -0.15) is 9.78 Å². The molecule has 6 nitrogen and oxygen atoms in total. The lowest BCUT2D eigenvalue weighted by Crippen LogP contribution is -2.26. The molecule has 0 spiro atoms. The summed E-state index contributed by atoms with van der Waals surface area (Å²) in [5, 5.41) is 5.01. The third kappa shape index (κ3) is 3.95. The van der Waals surface area contributed by atoms with Crippen LogP contribution in [0, 0.1) is 20.8 Å². The number of carbonyl (C=O) groups is 2. The maximum absolute atomic E-state index is 13.0. The predicted molar refractivity (Wildman–Crippen MR) is 123 cm³/mol. The largest absolute Gasteiger partial charge is 0.452 e. The van der Waals surface area contributed by atoms with Gasteiger partial charge in [0.2, 0.25) is 5.78 Å². The second-order valence-corrected chi connectivity index (χ2v) is 7.72. The third-order valence-corrected chi connectivity index (χ3v) is 5.29. The van der Waals surface area contributed by atoms with E-state index in [9.17, 15) is 14.4 Å². The van der Waals surface area contributed by atoms with Gasteiger partial charge in [-0.1, -0.05) is 54.1 Å². The monoisotopic (exact) mass is 426 g/mol. The number of benzene rings is 3. The Kier molecular flexibility index (Phi) is 5.69. The fourth-order valence-electron chi connectivity index (χ4n) is 3.98. The third-order valence-electron chi connectivity index (χ3n) is 5.29. The van der Waals surface area contributed by atoms with Crippen LogP contribution in [0.15, 0.2) is 71.5 Å². The molecule has 1 heterocycles. The average Bonchev–Trinajstić information content (AvgIpc) is 2.78. The molecule has 0 atom stereocenters. The van der Waals surface area contributed by atoms with Crippen molar-refractivity contribution in [3.8, 4) is 5.69 Å². The van der Waals surface area contributed by atoms with Crippen molar-refractivity contribution in [2.24, 2.45) is 0 Å². The van der Waals surface area contributed by atoms with Crippen molar-refractivity contribution >= 4 is 22.5 Å². The van der Waals surface area contributed by atoms with Crippen LogP contribution < -0.4 is 5.56 Å². The van der Waals surface area contributed by atoms with Crippen LogP contribution in [0.1, 0.15) is 37.5 Å². The maximum atomic E-state index is 13.0. The summed E-state index contributed by atoms with van der Waals surface area (Å²) in [6.45, 7) is 5.27. The molecule has 0 unspecified atom stereocenters. The first kappa shape index (κ1) is 21.2. The number of esters is 1. The van der Waals surface area contributed by atoms with E-state index in [0.717, 1.165) is 16.7 Å². The molecule has 0 saturated carbocycles. The van der Waals surface area contributed by atoms with Crippen LogP contribution in [0.2, 0.25) is 0 Å². The molecule has 1 aromatic heterocycles. The molecule has 0 saturated heterocycles. The van der Waals surface area contributed by atoms with Gasteiger partial charge in [-0.25, -0.2) is 4.79 Å². The molecule has 0 fully saturated rings. The zero-order chi connectivity index (χ0) is 22.8. The van der Waals surface area contributed by atoms with Gasteiger partial charge in [0.25, 0.3) is 5.56 Å². The van der Waals surface area contributed by atoms with E-state index in [1.165, 1.54) is 4.68 Å². The van der Waals surface area contributed by atoms with Crippen LogP contribution >= 0.6 is 0 Å². The van der Waals surface area contributed by atoms with Crippen LogP contribution in [0.5, 0.6) is 0 Å². The SMILES string of the molecule is Cc1cc(C)c(C(=O)COC(=O)c2nn(-c3ccccc3)c(=O)c3ccccc23)c(C)c1. The number of nitrogens with zero attached hydrogens (tertiary/aromatic N) is 2. The quantitative estimate of drug-likeness (QED) is 0.350. The number of aryl methyl sites for hydroxylation is 3. The normalized spacial score (nSPS) is 10.8. The molecular weight excluding hydrogens is 404 g/mol. The maximum Gasteiger partial charge on any atom is 0.359 e. The minimum atomic E-state index is -0.762. The van der Waals surface area contributed by atoms with Crippen molar-refractivity contribution < 1.29 is 14.3 Å². The summed E-state index contributed by atoms with van der Waals surface area (Å²) in [5.74, 6) is -1.05. The smallest absolute Gasteiger partial charge is 0.359 e. The van der Waals surface area contributed by atoms with E-state index in [4.69, 9.17) is 4.74 Å². The van der Waals surface area contributed by atoms with Gasteiger partial charge in [0, 0.05) is 10.9 Å². The van der Waals surface area contributed by atoms with Gasteiger partial charge >= 0.3 is 5.97 Å². The number of rotatable bonds is 5. The highest BCUT2D eigenvalue weighted by molar-refractivity contribution is 6.05. The van der Waals surface area contributed by atoms with Gasteiger partial charge < -0.3 is 4.74 Å². The topological polar surface area (TPSA) is 78.3 Å². The Morgan fingerprint density at radius 3 is 2.12 bits per heavy atom. The second-order valence-electron chi connectivity index (χ2n) is 7.72. The molecule has 0 N–H and O–H groups in total. The van der Waals surface area contributed by atoms with Crippen LogP contribution in [-0.2, 0) is 4.74 Å². The summed E-state index contributed by atoms with van der Waals surface area (Å²) in [4.78, 5) is 38.7. The van der Waals surface area contributed by atoms with Crippen molar-refractivity contribution in [1.29, 1.82) is 0 Å². The number of ether oxygens (including phenoxy) is 1. The molecule has 0 radical (unpaired) electrons. The summed E-state index contributed by atoms with van der Waals surface area (Å²) in [7, 11) is 0. The molecule has 3 aromatic carbocycles. The average molecular weight is 426 g/mol. The Labute approximate surface area is 185 Å². The molecule has 0 aliphatic carbocycles. The molecule has 4 rings (SSSR count). The molecule has 0 aliphatic heterocycles. The van der Waals surface area contributed by atoms with E-state index >= 15 is 0 Å². The first-order valence-corrected chi connectivity index (χ1v) is 10.2. The molecule has 160 valence electrons. The van der Waals surface area contributed by atoms with E-state index in [1.54, 1.807) is 48.5 Å². The Morgan fingerprint density at radius 2 is 1.47 bits per heavy atom. The molecule has 4 aromatic rings. The molecule has 0 amide bonds. The van der Waals surface area contributed by atoms with Crippen molar-refractivity contribution in [3.63, 3.8) is 0 Å². The van der Waals surface area contributed by atoms with E-state index in [2.05, 4.69) is 5.10 Å². The summed E-state index contributed by atoms with van der Waals surface area (Å²) < 4.78 is 6.53. The van der Waals surface area contributed by atoms with E-state index in [-0.39, 0.29) is 17.0 Å². The first-order chi connectivity index (χ1) is 15.4. The lowest BCUT2D eigenvalue weighted by Gasteiger charge is -2.12. The van der Waals surface area contributed by atoms with E-state index in [0.29, 0.717) is 22.0 Å². The van der Waals surface area contributed by atoms with Crippen LogP contribution in [-0.4, -0.2) is 28.1 Å². The highest BCUT2D eigenvalue weighted by Gasteiger charge is 2.21. The Morgan fingerprint density at radius 1 is 0.875 bits per heavy atom. The summed E-state index contributed by atoms with van der Waals surface area (Å²) in [6, 6.07) is 19.4. The molecule has 6 heteroatoms. The minimum Gasteiger partial charge on any atom is -0.452 e. The zero-order valence-corrected chi connectivity index (χ0v) is 18.1. The number of hydrogen-bond donors (Lipinski definition) is 0. The molecule has 0 bridgehead atoms. The number of Topliss-reactive ketones (excluding diaryl/α,β-unsaturated/α-hetero) is 1. The van der Waals surface area contributed by atoms with E-state index in [1.807, 2.05) is 39.0 Å². The number of hydrogen-bond acceptors (Lipinski definition) is 5. The highest BCUT2D eigenvalue weighted by atomic mass is 16.5. The molecular formula is C26H22N2O4. The standard InChI is InChI=1S/C26H22N2O4/c1-16-13-17(2)23(18(3)14-16)22(29)15-32-26(31)24-20-11-7-8-12-21(20)25(30)28(27-24)19-9-5-4-6-10-19/h4-14H,15H2,1-3H3. The van der Waals surface area contributed by atoms with Crippen molar-refractivity contribution in [1.82, 2.24) is 9.78 Å². The minimum absolute atomic E-state index is 0.0193. The predicted octanol–water partition coefficient (Wildman–Crippen LogP) is 4.35. The number of aromatic nitrogens is 2. The number of carbonyl (C=O) groups excluding carboxylic acids is 2. The van der Waals surface area contributed by atoms with Crippen LogP contribution in [0.25, 0.3) is 16.5 Å². The summed E-state index contributed by atoms with van der Waals surface area (Å²) in [6.07, 6.45) is 0. The molecule has 0 aliphatic rings. The molecule has 32 heavy (non-hydrogen) atoms. The Balaban J connectivity index is 1.69. The number of ketones is 1. The van der Waals surface area contributed by atoms with Gasteiger partial charge in [-0.3, -0.25) is 9.59 Å². The fraction of sp³-hybridized carbons (Fsp3) is 0.154. The summed E-state index contributed by atoms with van der Waals surface area (Å²) in [5.41, 5.74) is 3.45. The second kappa shape index (κ2) is 8.59. The van der Waals surface area contributed by atoms with Gasteiger partial charge in [-0.15, -0.1) is 0 Å². The summed E-state index contributed by atoms with van der Waals surface area (Å²) >= 11 is 0. The number of fused-ring (bicyclic) bond motifs is 1. The van der Waals surface area contributed by atoms with Gasteiger partial charge in [-0.05, 0) is 50.1 Å². The van der Waals surface area contributed by atoms with Crippen LogP contribution in [0.4, 0.5) is 0 Å². The highest BCUT2D eigenvalue weighted by Crippen LogP contribution is 2.19. The first-order valence-electron chi connectivity index (χ1n) is 10.2. The van der Waals surface area contributed by atoms with Crippen molar-refractivity contribution in [2.45, 2.75) is 20.8 Å².